The van der Waals surface area contributed by atoms with Crippen molar-refractivity contribution in [1.29, 1.82) is 0 Å². The zero-order chi connectivity index (χ0) is 9.40. The van der Waals surface area contributed by atoms with Crippen LogP contribution in [0, 0.1) is 12.3 Å². The first kappa shape index (κ1) is 10.6. The lowest BCUT2D eigenvalue weighted by Crippen LogP contribution is -2.12. The van der Waals surface area contributed by atoms with Crippen LogP contribution in [0.5, 0.6) is 0 Å². The second kappa shape index (κ2) is 6.29. The molecule has 66 valence electrons. The Morgan fingerprint density at radius 1 is 1.75 bits per heavy atom. The van der Waals surface area contributed by atoms with Crippen LogP contribution < -0.4 is 5.32 Å². The number of ether oxygens (including phenoxy) is 1. The van der Waals surface area contributed by atoms with Gasteiger partial charge in [0.15, 0.2) is 6.61 Å². The first-order valence-corrected chi connectivity index (χ1v) is 3.73. The van der Waals surface area contributed by atoms with E-state index in [4.69, 9.17) is 6.42 Å². The molecule has 12 heavy (non-hydrogen) atoms. The number of nitrogens with one attached hydrogen (secondary N) is 1. The fourth-order valence-electron chi connectivity index (χ4n) is 0.661. The maximum atomic E-state index is 10.9. The third kappa shape index (κ3) is 5.36. The van der Waals surface area contributed by atoms with Crippen molar-refractivity contribution in [3.05, 3.63) is 11.8 Å². The Morgan fingerprint density at radius 2 is 2.42 bits per heavy atom. The van der Waals surface area contributed by atoms with Crippen LogP contribution in [0.2, 0.25) is 0 Å². The van der Waals surface area contributed by atoms with E-state index >= 15 is 0 Å². The van der Waals surface area contributed by atoms with Crippen molar-refractivity contribution in [2.24, 2.45) is 0 Å². The number of terminal acetylenes is 1. The van der Waals surface area contributed by atoms with E-state index in [0.29, 0.717) is 0 Å². The van der Waals surface area contributed by atoms with E-state index in [-0.39, 0.29) is 6.61 Å². The molecule has 0 saturated heterocycles. The van der Waals surface area contributed by atoms with Gasteiger partial charge in [0, 0.05) is 18.3 Å². The molecule has 0 rings (SSSR count). The first-order valence-electron chi connectivity index (χ1n) is 3.73. The molecule has 0 unspecified atom stereocenters. The van der Waals surface area contributed by atoms with Gasteiger partial charge >= 0.3 is 5.97 Å². The van der Waals surface area contributed by atoms with Crippen LogP contribution in [0.3, 0.4) is 0 Å². The molecule has 0 aromatic carbocycles. The van der Waals surface area contributed by atoms with E-state index in [1.807, 2.05) is 6.92 Å². The summed E-state index contributed by atoms with van der Waals surface area (Å²) in [6, 6.07) is 0. The molecule has 0 atom stereocenters. The Bertz CT molecular complexity index is 213. The molecule has 0 radical (unpaired) electrons. The topological polar surface area (TPSA) is 38.3 Å². The molecular formula is C9H13NO2. The molecule has 0 aromatic rings. The summed E-state index contributed by atoms with van der Waals surface area (Å²) in [6.07, 6.45) is 6.28. The Balaban J connectivity index is 3.81. The monoisotopic (exact) mass is 167 g/mol. The minimum Gasteiger partial charge on any atom is -0.449 e. The molecule has 0 saturated carbocycles. The van der Waals surface area contributed by atoms with Crippen molar-refractivity contribution in [2.45, 2.75) is 13.8 Å². The van der Waals surface area contributed by atoms with Crippen LogP contribution in [-0.4, -0.2) is 19.1 Å². The highest BCUT2D eigenvalue weighted by Gasteiger charge is 1.96. The highest BCUT2D eigenvalue weighted by atomic mass is 16.5. The van der Waals surface area contributed by atoms with Crippen molar-refractivity contribution >= 4 is 5.97 Å². The number of allylic oxidation sites excluding steroid dienone is 1. The van der Waals surface area contributed by atoms with Crippen molar-refractivity contribution in [3.63, 3.8) is 0 Å². The van der Waals surface area contributed by atoms with Crippen LogP contribution in [-0.2, 0) is 9.53 Å². The van der Waals surface area contributed by atoms with Gasteiger partial charge in [-0.3, -0.25) is 0 Å². The minimum atomic E-state index is -0.411. The molecule has 0 aliphatic heterocycles. The average molecular weight is 167 g/mol. The molecule has 0 bridgehead atoms. The summed E-state index contributed by atoms with van der Waals surface area (Å²) in [5, 5.41) is 2.96. The lowest BCUT2D eigenvalue weighted by Gasteiger charge is -2.01. The molecule has 0 heterocycles. The summed E-state index contributed by atoms with van der Waals surface area (Å²) in [6.45, 7) is 4.55. The van der Waals surface area contributed by atoms with Crippen LogP contribution in [0.15, 0.2) is 11.8 Å². The van der Waals surface area contributed by atoms with E-state index in [1.165, 1.54) is 6.08 Å². The van der Waals surface area contributed by atoms with E-state index in [1.54, 1.807) is 6.92 Å². The Labute approximate surface area is 72.8 Å². The second-order valence-corrected chi connectivity index (χ2v) is 2.17. The SMILES string of the molecule is C#CCOC(=O)/C=C(/C)NCC. The molecule has 0 amide bonds. The van der Waals surface area contributed by atoms with Gasteiger partial charge in [-0.15, -0.1) is 6.42 Å². The van der Waals surface area contributed by atoms with Gasteiger partial charge in [-0.1, -0.05) is 5.92 Å². The third-order valence-corrected chi connectivity index (χ3v) is 1.09. The predicted octanol–water partition coefficient (Wildman–Crippen LogP) is 0.676. The Morgan fingerprint density at radius 3 is 2.92 bits per heavy atom. The Hall–Kier alpha value is -1.43. The van der Waals surface area contributed by atoms with Crippen LogP contribution in [0.1, 0.15) is 13.8 Å². The molecule has 0 spiro atoms. The van der Waals surface area contributed by atoms with Gasteiger partial charge < -0.3 is 10.1 Å². The highest BCUT2D eigenvalue weighted by molar-refractivity contribution is 5.82. The van der Waals surface area contributed by atoms with Gasteiger partial charge in [0.25, 0.3) is 0 Å². The van der Waals surface area contributed by atoms with Crippen molar-refractivity contribution in [3.8, 4) is 12.3 Å². The molecule has 3 heteroatoms. The molecule has 0 aliphatic carbocycles. The lowest BCUT2D eigenvalue weighted by molar-refractivity contribution is -0.136. The molecule has 0 aromatic heterocycles. The number of carbonyl (C=O) groups excluding carboxylic acids is 1. The smallest absolute Gasteiger partial charge is 0.333 e. The molecular weight excluding hydrogens is 154 g/mol. The van der Waals surface area contributed by atoms with E-state index in [2.05, 4.69) is 16.0 Å². The van der Waals surface area contributed by atoms with E-state index in [0.717, 1.165) is 12.2 Å². The van der Waals surface area contributed by atoms with Crippen LogP contribution in [0.25, 0.3) is 0 Å². The van der Waals surface area contributed by atoms with Crippen molar-refractivity contribution in [1.82, 2.24) is 5.32 Å². The van der Waals surface area contributed by atoms with Gasteiger partial charge in [-0.2, -0.15) is 0 Å². The summed E-state index contributed by atoms with van der Waals surface area (Å²) in [5.74, 6) is 1.80. The molecule has 0 aliphatic rings. The third-order valence-electron chi connectivity index (χ3n) is 1.09. The molecule has 1 N–H and O–H groups in total. The van der Waals surface area contributed by atoms with Crippen molar-refractivity contribution in [2.75, 3.05) is 13.2 Å². The largest absolute Gasteiger partial charge is 0.449 e. The van der Waals surface area contributed by atoms with Gasteiger partial charge in [-0.25, -0.2) is 4.79 Å². The highest BCUT2D eigenvalue weighted by Crippen LogP contribution is 1.88. The van der Waals surface area contributed by atoms with Crippen LogP contribution >= 0.6 is 0 Å². The molecule has 0 fully saturated rings. The standard InChI is InChI=1S/C9H13NO2/c1-4-6-12-9(11)7-8(3)10-5-2/h1,7,10H,5-6H2,2-3H3/b8-7-. The quantitative estimate of drug-likeness (QED) is 0.380. The summed E-state index contributed by atoms with van der Waals surface area (Å²) in [4.78, 5) is 10.9. The first-order chi connectivity index (χ1) is 5.70. The fraction of sp³-hybridized carbons (Fsp3) is 0.444. The molecule has 3 nitrogen and oxygen atoms in total. The zero-order valence-electron chi connectivity index (χ0n) is 7.39. The van der Waals surface area contributed by atoms with Gasteiger partial charge in [0.2, 0.25) is 0 Å². The average Bonchev–Trinajstić information content (AvgIpc) is 2.01. The van der Waals surface area contributed by atoms with Gasteiger partial charge in [0.1, 0.15) is 0 Å². The summed E-state index contributed by atoms with van der Waals surface area (Å²) >= 11 is 0. The number of hydrogen-bond donors (Lipinski definition) is 1. The normalized spacial score (nSPS) is 10.2. The van der Waals surface area contributed by atoms with Crippen molar-refractivity contribution < 1.29 is 9.53 Å². The lowest BCUT2D eigenvalue weighted by atomic mass is 10.4. The maximum Gasteiger partial charge on any atom is 0.333 e. The Kier molecular flexibility index (Phi) is 5.54. The zero-order valence-corrected chi connectivity index (χ0v) is 7.39. The van der Waals surface area contributed by atoms with Gasteiger partial charge in [0.05, 0.1) is 0 Å². The number of carbonyl (C=O) groups is 1. The van der Waals surface area contributed by atoms with E-state index < -0.39 is 5.97 Å². The summed E-state index contributed by atoms with van der Waals surface area (Å²) < 4.78 is 4.62. The van der Waals surface area contributed by atoms with Crippen LogP contribution in [0.4, 0.5) is 0 Å². The fourth-order valence-corrected chi connectivity index (χ4v) is 0.661. The maximum absolute atomic E-state index is 10.9. The van der Waals surface area contributed by atoms with Gasteiger partial charge in [-0.05, 0) is 13.8 Å². The van der Waals surface area contributed by atoms with E-state index in [9.17, 15) is 4.79 Å². The second-order valence-electron chi connectivity index (χ2n) is 2.17. The summed E-state index contributed by atoms with van der Waals surface area (Å²) in [7, 11) is 0. The number of rotatable bonds is 4. The number of hydrogen-bond acceptors (Lipinski definition) is 3. The summed E-state index contributed by atoms with van der Waals surface area (Å²) in [5.41, 5.74) is 0.777. The predicted molar refractivity (Wildman–Crippen MR) is 47.2 cm³/mol. The minimum absolute atomic E-state index is 0.0226. The number of esters is 1.